The van der Waals surface area contributed by atoms with E-state index in [9.17, 15) is 13.2 Å². The van der Waals surface area contributed by atoms with Crippen LogP contribution in [0.1, 0.15) is 49.6 Å². The van der Waals surface area contributed by atoms with Gasteiger partial charge in [0.2, 0.25) is 0 Å². The lowest BCUT2D eigenvalue weighted by Gasteiger charge is -2.16. The molecule has 0 saturated carbocycles. The number of aryl methyl sites for hydroxylation is 3. The molecule has 4 heterocycles. The van der Waals surface area contributed by atoms with Crippen LogP contribution in [0.25, 0.3) is 32.4 Å². The summed E-state index contributed by atoms with van der Waals surface area (Å²) in [4.78, 5) is 13.9. The SMILES string of the molecule is CCC(CC)n1cc(C)c2nc(-c3sc(-c4ncnn4C)cc3C(F)(F)F)c(C)nc21. The molecule has 4 aromatic rings. The molecule has 0 bridgehead atoms. The first-order valence-electron chi connectivity index (χ1n) is 10.1. The molecule has 10 heteroatoms. The summed E-state index contributed by atoms with van der Waals surface area (Å²) in [5, 5.41) is 3.97. The highest BCUT2D eigenvalue weighted by Crippen LogP contribution is 2.45. The number of fused-ring (bicyclic) bond motifs is 1. The maximum atomic E-state index is 13.9. The Morgan fingerprint density at radius 3 is 2.42 bits per heavy atom. The number of thiophene rings is 1. The van der Waals surface area contributed by atoms with Gasteiger partial charge in [-0.05, 0) is 38.3 Å². The molecule has 164 valence electrons. The summed E-state index contributed by atoms with van der Waals surface area (Å²) in [6.07, 6.45) is 0.666. The van der Waals surface area contributed by atoms with Crippen molar-refractivity contribution in [2.45, 2.75) is 52.8 Å². The van der Waals surface area contributed by atoms with Crippen LogP contribution >= 0.6 is 11.3 Å². The first kappa shape index (κ1) is 21.5. The van der Waals surface area contributed by atoms with Crippen LogP contribution in [0.2, 0.25) is 0 Å². The first-order chi connectivity index (χ1) is 14.7. The molecular weight excluding hydrogens is 425 g/mol. The van der Waals surface area contributed by atoms with Gasteiger partial charge in [0.05, 0.1) is 21.0 Å². The summed E-state index contributed by atoms with van der Waals surface area (Å²) in [5.74, 6) is 0.379. The van der Waals surface area contributed by atoms with E-state index >= 15 is 0 Å². The third-order valence-electron chi connectivity index (χ3n) is 5.52. The van der Waals surface area contributed by atoms with Crippen molar-refractivity contribution in [2.75, 3.05) is 0 Å². The van der Waals surface area contributed by atoms with E-state index in [4.69, 9.17) is 9.97 Å². The molecular formula is C21H23F3N6S. The molecule has 0 aliphatic rings. The molecule has 0 aliphatic carbocycles. The molecule has 0 radical (unpaired) electrons. The van der Waals surface area contributed by atoms with Crippen LogP contribution in [0.15, 0.2) is 18.6 Å². The molecule has 0 saturated heterocycles. The van der Waals surface area contributed by atoms with E-state index in [1.165, 1.54) is 11.0 Å². The number of aromatic nitrogens is 6. The van der Waals surface area contributed by atoms with Gasteiger partial charge in [-0.25, -0.2) is 19.6 Å². The third kappa shape index (κ3) is 3.62. The number of halogens is 3. The summed E-state index contributed by atoms with van der Waals surface area (Å²) in [5.41, 5.74) is 2.23. The molecule has 0 aliphatic heterocycles. The second kappa shape index (κ2) is 7.74. The molecule has 6 nitrogen and oxygen atoms in total. The zero-order chi connectivity index (χ0) is 22.5. The summed E-state index contributed by atoms with van der Waals surface area (Å²) in [7, 11) is 1.65. The van der Waals surface area contributed by atoms with E-state index in [1.54, 1.807) is 14.0 Å². The zero-order valence-electron chi connectivity index (χ0n) is 17.9. The Labute approximate surface area is 181 Å². The molecule has 0 aromatic carbocycles. The highest BCUT2D eigenvalue weighted by Gasteiger charge is 2.37. The standard InChI is InChI=1S/C21H23F3N6S/c1-6-13(7-2)30-9-11(3)16-20(30)27-12(4)17(28-16)18-14(21(22,23)24)8-15(31-18)19-25-10-26-29(19)5/h8-10,13H,6-7H2,1-5H3. The maximum absolute atomic E-state index is 13.9. The minimum absolute atomic E-state index is 0.0482. The van der Waals surface area contributed by atoms with Crippen LogP contribution in [-0.4, -0.2) is 29.3 Å². The van der Waals surface area contributed by atoms with Gasteiger partial charge in [-0.2, -0.15) is 18.3 Å². The van der Waals surface area contributed by atoms with Crippen molar-refractivity contribution in [3.63, 3.8) is 0 Å². The number of rotatable bonds is 5. The van der Waals surface area contributed by atoms with Gasteiger partial charge in [0.1, 0.15) is 17.5 Å². The minimum Gasteiger partial charge on any atom is -0.328 e. The smallest absolute Gasteiger partial charge is 0.328 e. The van der Waals surface area contributed by atoms with Crippen LogP contribution in [0, 0.1) is 13.8 Å². The summed E-state index contributed by atoms with van der Waals surface area (Å²) in [6, 6.07) is 1.39. The van der Waals surface area contributed by atoms with Crippen molar-refractivity contribution in [1.82, 2.24) is 29.3 Å². The quantitative estimate of drug-likeness (QED) is 0.378. The number of alkyl halides is 3. The van der Waals surface area contributed by atoms with Crippen molar-refractivity contribution in [1.29, 1.82) is 0 Å². The van der Waals surface area contributed by atoms with Gasteiger partial charge in [-0.1, -0.05) is 13.8 Å². The van der Waals surface area contributed by atoms with Crippen LogP contribution in [-0.2, 0) is 13.2 Å². The molecule has 4 rings (SSSR count). The van der Waals surface area contributed by atoms with E-state index in [0.717, 1.165) is 35.8 Å². The van der Waals surface area contributed by atoms with Crippen LogP contribution in [0.5, 0.6) is 0 Å². The van der Waals surface area contributed by atoms with E-state index in [-0.39, 0.29) is 16.6 Å². The van der Waals surface area contributed by atoms with Crippen molar-refractivity contribution in [2.24, 2.45) is 7.05 Å². The van der Waals surface area contributed by atoms with E-state index in [1.807, 2.05) is 13.1 Å². The van der Waals surface area contributed by atoms with Gasteiger partial charge in [0.25, 0.3) is 0 Å². The lowest BCUT2D eigenvalue weighted by Crippen LogP contribution is -2.08. The van der Waals surface area contributed by atoms with Gasteiger partial charge < -0.3 is 4.57 Å². The van der Waals surface area contributed by atoms with Gasteiger partial charge >= 0.3 is 6.18 Å². The fraction of sp³-hybridized carbons (Fsp3) is 0.429. The molecule has 0 fully saturated rings. The Morgan fingerprint density at radius 2 is 1.84 bits per heavy atom. The summed E-state index contributed by atoms with van der Waals surface area (Å²) < 4.78 is 45.3. The predicted octanol–water partition coefficient (Wildman–Crippen LogP) is 5.95. The van der Waals surface area contributed by atoms with Crippen molar-refractivity contribution >= 4 is 22.5 Å². The predicted molar refractivity (Wildman–Crippen MR) is 115 cm³/mol. The topological polar surface area (TPSA) is 61.4 Å². The van der Waals surface area contributed by atoms with E-state index < -0.39 is 11.7 Å². The van der Waals surface area contributed by atoms with Gasteiger partial charge in [-0.3, -0.25) is 0 Å². The number of hydrogen-bond acceptors (Lipinski definition) is 5. The lowest BCUT2D eigenvalue weighted by atomic mass is 10.1. The normalized spacial score (nSPS) is 12.4. The minimum atomic E-state index is -4.53. The first-order valence-corrected chi connectivity index (χ1v) is 10.9. The Balaban J connectivity index is 1.95. The Kier molecular flexibility index (Phi) is 5.36. The molecule has 0 spiro atoms. The highest BCUT2D eigenvalue weighted by molar-refractivity contribution is 7.19. The summed E-state index contributed by atoms with van der Waals surface area (Å²) >= 11 is 1.01. The zero-order valence-corrected chi connectivity index (χ0v) is 18.8. The monoisotopic (exact) mass is 448 g/mol. The fourth-order valence-electron chi connectivity index (χ4n) is 3.87. The Bertz CT molecular complexity index is 1250. The molecule has 31 heavy (non-hydrogen) atoms. The Hall–Kier alpha value is -2.75. The molecule has 0 N–H and O–H groups in total. The van der Waals surface area contributed by atoms with E-state index in [2.05, 4.69) is 28.5 Å². The number of hydrogen-bond donors (Lipinski definition) is 0. The van der Waals surface area contributed by atoms with Crippen molar-refractivity contribution in [3.8, 4) is 21.3 Å². The second-order valence-electron chi connectivity index (χ2n) is 7.58. The highest BCUT2D eigenvalue weighted by atomic mass is 32.1. The molecule has 0 amide bonds. The van der Waals surface area contributed by atoms with Crippen LogP contribution in [0.4, 0.5) is 13.2 Å². The second-order valence-corrected chi connectivity index (χ2v) is 8.63. The van der Waals surface area contributed by atoms with Crippen molar-refractivity contribution in [3.05, 3.63) is 35.4 Å². The molecule has 0 unspecified atom stereocenters. The van der Waals surface area contributed by atoms with Crippen LogP contribution in [0.3, 0.4) is 0 Å². The van der Waals surface area contributed by atoms with E-state index in [0.29, 0.717) is 27.6 Å². The molecule has 4 aromatic heterocycles. The number of nitrogens with zero attached hydrogens (tertiary/aromatic N) is 6. The average Bonchev–Trinajstić information content (AvgIpc) is 3.40. The maximum Gasteiger partial charge on any atom is 0.417 e. The lowest BCUT2D eigenvalue weighted by molar-refractivity contribution is -0.136. The van der Waals surface area contributed by atoms with Gasteiger partial charge in [-0.15, -0.1) is 11.3 Å². The fourth-order valence-corrected chi connectivity index (χ4v) is 5.11. The third-order valence-corrected chi connectivity index (χ3v) is 6.66. The summed E-state index contributed by atoms with van der Waals surface area (Å²) in [6.45, 7) is 7.85. The van der Waals surface area contributed by atoms with Gasteiger partial charge in [0.15, 0.2) is 11.5 Å². The molecule has 0 atom stereocenters. The largest absolute Gasteiger partial charge is 0.417 e. The average molecular weight is 449 g/mol. The Morgan fingerprint density at radius 1 is 1.13 bits per heavy atom. The van der Waals surface area contributed by atoms with Gasteiger partial charge in [0, 0.05) is 19.3 Å². The van der Waals surface area contributed by atoms with Crippen molar-refractivity contribution < 1.29 is 13.2 Å². The van der Waals surface area contributed by atoms with Crippen LogP contribution < -0.4 is 0 Å².